The van der Waals surface area contributed by atoms with Gasteiger partial charge in [0.2, 0.25) is 0 Å². The van der Waals surface area contributed by atoms with Crippen molar-refractivity contribution in [3.05, 3.63) is 90.0 Å². The first-order chi connectivity index (χ1) is 17.4. The number of hydrogen-bond donors (Lipinski definition) is 3. The molecule has 3 amide bonds. The van der Waals surface area contributed by atoms with Crippen LogP contribution in [0.3, 0.4) is 0 Å². The Hall–Kier alpha value is -3.88. The first-order valence-corrected chi connectivity index (χ1v) is 12.1. The number of carbonyl (C=O) groups excluding carboxylic acids is 2. The van der Waals surface area contributed by atoms with Crippen LogP contribution < -0.4 is 20.3 Å². The van der Waals surface area contributed by atoms with E-state index in [0.717, 1.165) is 18.0 Å². The van der Waals surface area contributed by atoms with E-state index in [1.165, 1.54) is 5.56 Å². The molecule has 188 valence electrons. The average Bonchev–Trinajstić information content (AvgIpc) is 2.88. The van der Waals surface area contributed by atoms with Gasteiger partial charge in [-0.25, -0.2) is 4.79 Å². The third-order valence-electron chi connectivity index (χ3n) is 6.09. The SMILES string of the molecule is CCOc1ccc(N2C(=O)Nc3ccccc3C2(O)C(=O)NCCCN(C)Cc2ccccc2)cc1. The predicted molar refractivity (Wildman–Crippen MR) is 140 cm³/mol. The fourth-order valence-corrected chi connectivity index (χ4v) is 4.37. The Morgan fingerprint density at radius 3 is 2.47 bits per heavy atom. The molecule has 0 bridgehead atoms. The van der Waals surface area contributed by atoms with Gasteiger partial charge in [0, 0.05) is 24.3 Å². The third kappa shape index (κ3) is 5.35. The molecule has 0 aliphatic carbocycles. The quantitative estimate of drug-likeness (QED) is 0.376. The molecule has 0 aromatic heterocycles. The van der Waals surface area contributed by atoms with E-state index in [1.54, 1.807) is 48.5 Å². The summed E-state index contributed by atoms with van der Waals surface area (Å²) in [7, 11) is 2.03. The lowest BCUT2D eigenvalue weighted by Crippen LogP contribution is -2.62. The maximum atomic E-state index is 13.5. The molecule has 36 heavy (non-hydrogen) atoms. The smallest absolute Gasteiger partial charge is 0.329 e. The fraction of sp³-hybridized carbons (Fsp3) is 0.286. The molecular weight excluding hydrogens is 456 g/mol. The van der Waals surface area contributed by atoms with E-state index in [9.17, 15) is 14.7 Å². The Morgan fingerprint density at radius 1 is 1.06 bits per heavy atom. The lowest BCUT2D eigenvalue weighted by atomic mass is 9.94. The molecule has 0 spiro atoms. The standard InChI is InChI=1S/C28H32N4O4/c1-3-36-23-16-14-22(15-17-23)32-27(34)30-25-13-8-7-12-24(25)28(32,35)26(33)29-18-9-19-31(2)20-21-10-5-4-6-11-21/h4-8,10-17,35H,3,9,18-20H2,1-2H3,(H,29,33)(H,30,34). The van der Waals surface area contributed by atoms with Crippen LogP contribution in [0.5, 0.6) is 5.75 Å². The molecule has 0 radical (unpaired) electrons. The fourth-order valence-electron chi connectivity index (χ4n) is 4.37. The maximum Gasteiger partial charge on any atom is 0.329 e. The Morgan fingerprint density at radius 2 is 1.75 bits per heavy atom. The minimum absolute atomic E-state index is 0.303. The number of ether oxygens (including phenoxy) is 1. The lowest BCUT2D eigenvalue weighted by molar-refractivity contribution is -0.140. The van der Waals surface area contributed by atoms with Crippen LogP contribution in [0.2, 0.25) is 0 Å². The van der Waals surface area contributed by atoms with Gasteiger partial charge >= 0.3 is 6.03 Å². The summed E-state index contributed by atoms with van der Waals surface area (Å²) in [5, 5.41) is 17.5. The highest BCUT2D eigenvalue weighted by Crippen LogP contribution is 2.40. The van der Waals surface area contributed by atoms with Crippen LogP contribution in [-0.4, -0.2) is 48.7 Å². The molecule has 0 saturated carbocycles. The zero-order valence-corrected chi connectivity index (χ0v) is 20.6. The average molecular weight is 489 g/mol. The lowest BCUT2D eigenvalue weighted by Gasteiger charge is -2.42. The Kier molecular flexibility index (Phi) is 7.87. The summed E-state index contributed by atoms with van der Waals surface area (Å²) >= 11 is 0. The van der Waals surface area contributed by atoms with Gasteiger partial charge in [0.1, 0.15) is 5.75 Å². The van der Waals surface area contributed by atoms with Crippen LogP contribution in [0.25, 0.3) is 0 Å². The molecule has 0 fully saturated rings. The van der Waals surface area contributed by atoms with Gasteiger partial charge < -0.3 is 25.4 Å². The van der Waals surface area contributed by atoms with Crippen molar-refractivity contribution in [1.29, 1.82) is 0 Å². The molecular formula is C28H32N4O4. The second kappa shape index (κ2) is 11.2. The highest BCUT2D eigenvalue weighted by molar-refractivity contribution is 6.11. The van der Waals surface area contributed by atoms with E-state index >= 15 is 0 Å². The number of carbonyl (C=O) groups is 2. The molecule has 1 unspecified atom stereocenters. The molecule has 1 aliphatic heterocycles. The van der Waals surface area contributed by atoms with Gasteiger partial charge in [0.05, 0.1) is 12.3 Å². The van der Waals surface area contributed by atoms with Gasteiger partial charge in [-0.2, -0.15) is 0 Å². The first kappa shape index (κ1) is 25.2. The minimum atomic E-state index is -2.22. The van der Waals surface area contributed by atoms with E-state index in [-0.39, 0.29) is 0 Å². The van der Waals surface area contributed by atoms with Crippen LogP contribution in [-0.2, 0) is 17.1 Å². The van der Waals surface area contributed by atoms with Crippen molar-refractivity contribution in [2.24, 2.45) is 0 Å². The number of aliphatic hydroxyl groups is 1. The monoisotopic (exact) mass is 488 g/mol. The number of amides is 3. The van der Waals surface area contributed by atoms with Crippen molar-refractivity contribution < 1.29 is 19.4 Å². The maximum absolute atomic E-state index is 13.5. The first-order valence-electron chi connectivity index (χ1n) is 12.1. The number of rotatable bonds is 10. The number of hydrogen-bond acceptors (Lipinski definition) is 5. The molecule has 3 aromatic rings. The molecule has 3 N–H and O–H groups in total. The molecule has 4 rings (SSSR count). The highest BCUT2D eigenvalue weighted by atomic mass is 16.5. The zero-order chi connectivity index (χ0) is 25.5. The number of urea groups is 1. The van der Waals surface area contributed by atoms with Crippen LogP contribution in [0, 0.1) is 0 Å². The van der Waals surface area contributed by atoms with Crippen molar-refractivity contribution in [1.82, 2.24) is 10.2 Å². The normalized spacial score (nSPS) is 16.9. The second-order valence-electron chi connectivity index (χ2n) is 8.74. The molecule has 1 atom stereocenters. The number of para-hydroxylation sites is 1. The number of fused-ring (bicyclic) bond motifs is 1. The highest BCUT2D eigenvalue weighted by Gasteiger charge is 2.51. The molecule has 1 aliphatic rings. The van der Waals surface area contributed by atoms with E-state index in [2.05, 4.69) is 27.7 Å². The van der Waals surface area contributed by atoms with Gasteiger partial charge in [-0.05, 0) is 62.8 Å². The van der Waals surface area contributed by atoms with Crippen molar-refractivity contribution in [3.63, 3.8) is 0 Å². The molecule has 1 heterocycles. The minimum Gasteiger partial charge on any atom is -0.494 e. The summed E-state index contributed by atoms with van der Waals surface area (Å²) in [5.41, 5.74) is 0.0594. The summed E-state index contributed by atoms with van der Waals surface area (Å²) in [6.45, 7) is 4.29. The second-order valence-corrected chi connectivity index (χ2v) is 8.74. The number of anilines is 2. The van der Waals surface area contributed by atoms with Gasteiger partial charge in [-0.15, -0.1) is 0 Å². The Labute approximate surface area is 211 Å². The molecule has 3 aromatic carbocycles. The van der Waals surface area contributed by atoms with E-state index in [1.807, 2.05) is 32.2 Å². The third-order valence-corrected chi connectivity index (χ3v) is 6.09. The summed E-state index contributed by atoms with van der Waals surface area (Å²) in [6, 6.07) is 23.0. The van der Waals surface area contributed by atoms with Crippen molar-refractivity contribution in [3.8, 4) is 5.75 Å². The topological polar surface area (TPSA) is 94.1 Å². The number of nitrogens with one attached hydrogen (secondary N) is 2. The summed E-state index contributed by atoms with van der Waals surface area (Å²) in [5.74, 6) is -0.0314. The van der Waals surface area contributed by atoms with Gasteiger partial charge in [-0.3, -0.25) is 9.69 Å². The molecule has 8 heteroatoms. The Balaban J connectivity index is 1.49. The van der Waals surface area contributed by atoms with Gasteiger partial charge in [-0.1, -0.05) is 48.5 Å². The molecule has 8 nitrogen and oxygen atoms in total. The van der Waals surface area contributed by atoms with E-state index < -0.39 is 17.7 Å². The number of nitrogens with zero attached hydrogens (tertiary/aromatic N) is 2. The van der Waals surface area contributed by atoms with Gasteiger partial charge in [0.25, 0.3) is 11.6 Å². The van der Waals surface area contributed by atoms with Crippen LogP contribution in [0.4, 0.5) is 16.2 Å². The van der Waals surface area contributed by atoms with E-state index in [4.69, 9.17) is 4.74 Å². The summed E-state index contributed by atoms with van der Waals surface area (Å²) < 4.78 is 5.49. The van der Waals surface area contributed by atoms with Crippen LogP contribution in [0.15, 0.2) is 78.9 Å². The number of benzene rings is 3. The van der Waals surface area contributed by atoms with Crippen molar-refractivity contribution >= 4 is 23.3 Å². The van der Waals surface area contributed by atoms with Crippen LogP contribution >= 0.6 is 0 Å². The van der Waals surface area contributed by atoms with Crippen LogP contribution in [0.1, 0.15) is 24.5 Å². The van der Waals surface area contributed by atoms with Crippen molar-refractivity contribution in [2.75, 3.05) is 37.0 Å². The molecule has 0 saturated heterocycles. The van der Waals surface area contributed by atoms with Crippen molar-refractivity contribution in [2.45, 2.75) is 25.6 Å². The van der Waals surface area contributed by atoms with Gasteiger partial charge in [0.15, 0.2) is 0 Å². The summed E-state index contributed by atoms with van der Waals surface area (Å²) in [6.07, 6.45) is 0.683. The zero-order valence-electron chi connectivity index (χ0n) is 20.6. The summed E-state index contributed by atoms with van der Waals surface area (Å²) in [4.78, 5) is 29.9. The Bertz CT molecular complexity index is 1190. The van der Waals surface area contributed by atoms with E-state index in [0.29, 0.717) is 42.3 Å². The predicted octanol–water partition coefficient (Wildman–Crippen LogP) is 3.92. The largest absolute Gasteiger partial charge is 0.494 e.